The van der Waals surface area contributed by atoms with Crippen LogP contribution >= 0.6 is 12.4 Å². The molecule has 2 heteroatoms. The lowest BCUT2D eigenvalue weighted by Gasteiger charge is -2.31. The molecular weight excluding hydrogens is 254 g/mol. The minimum absolute atomic E-state index is 0. The molecule has 0 aliphatic heterocycles. The van der Waals surface area contributed by atoms with Crippen LogP contribution in [0.5, 0.6) is 0 Å². The summed E-state index contributed by atoms with van der Waals surface area (Å²) in [7, 11) is 0. The van der Waals surface area contributed by atoms with Gasteiger partial charge in [-0.1, -0.05) is 55.0 Å². The van der Waals surface area contributed by atoms with Crippen molar-refractivity contribution < 1.29 is 0 Å². The third-order valence-electron chi connectivity index (χ3n) is 4.04. The second-order valence-corrected chi connectivity index (χ2v) is 5.21. The molecule has 2 aromatic rings. The first-order chi connectivity index (χ1) is 8.84. The maximum Gasteiger partial charge on any atom is 0.0323 e. The van der Waals surface area contributed by atoms with E-state index in [0.717, 1.165) is 0 Å². The lowest BCUT2D eigenvalue weighted by molar-refractivity contribution is 0.264. The number of rotatable bonds is 3. The van der Waals surface area contributed by atoms with Crippen LogP contribution in [0.4, 0.5) is 0 Å². The van der Waals surface area contributed by atoms with Gasteiger partial charge in [0.05, 0.1) is 0 Å². The van der Waals surface area contributed by atoms with E-state index in [1.807, 2.05) is 6.07 Å². The summed E-state index contributed by atoms with van der Waals surface area (Å²) in [5, 5.41) is 0. The smallest absolute Gasteiger partial charge is 0.0323 e. The maximum absolute atomic E-state index is 6.35. The van der Waals surface area contributed by atoms with Crippen LogP contribution in [-0.4, -0.2) is 0 Å². The Hall–Kier alpha value is -1.31. The molecule has 0 radical (unpaired) electrons. The van der Waals surface area contributed by atoms with E-state index in [4.69, 9.17) is 5.73 Å². The molecule has 1 atom stereocenters. The molecule has 0 amide bonds. The van der Waals surface area contributed by atoms with E-state index in [1.54, 1.807) is 0 Å². The molecule has 19 heavy (non-hydrogen) atoms. The average Bonchev–Trinajstić information content (AvgIpc) is 2.38. The highest BCUT2D eigenvalue weighted by Gasteiger charge is 2.25. The van der Waals surface area contributed by atoms with Crippen molar-refractivity contribution >= 4 is 12.4 Å². The van der Waals surface area contributed by atoms with Crippen LogP contribution < -0.4 is 5.73 Å². The molecule has 0 unspecified atom stereocenters. The highest BCUT2D eigenvalue weighted by atomic mass is 35.5. The first kappa shape index (κ1) is 14.1. The van der Waals surface area contributed by atoms with Crippen LogP contribution in [0.15, 0.2) is 54.6 Å². The number of nitrogens with two attached hydrogens (primary N) is 1. The normalized spacial score (nSPS) is 16.3. The van der Waals surface area contributed by atoms with E-state index in [-0.39, 0.29) is 18.4 Å². The van der Waals surface area contributed by atoms with Crippen LogP contribution in [-0.2, 0) is 0 Å². The largest absolute Gasteiger partial charge is 0.324 e. The number of halogens is 1. The molecule has 0 spiro atoms. The van der Waals surface area contributed by atoms with Gasteiger partial charge in [-0.15, -0.1) is 12.4 Å². The summed E-state index contributed by atoms with van der Waals surface area (Å²) in [6.07, 6.45) is 3.92. The molecule has 1 aliphatic carbocycles. The summed E-state index contributed by atoms with van der Waals surface area (Å²) >= 11 is 0. The fourth-order valence-electron chi connectivity index (χ4n) is 2.63. The summed E-state index contributed by atoms with van der Waals surface area (Å²) in [5.41, 5.74) is 10.2. The lowest BCUT2D eigenvalue weighted by atomic mass is 9.77. The summed E-state index contributed by atoms with van der Waals surface area (Å²) in [6.45, 7) is 0. The first-order valence-corrected chi connectivity index (χ1v) is 6.75. The highest BCUT2D eigenvalue weighted by Crippen LogP contribution is 2.36. The SMILES string of the molecule is Cl.N[C@H](c1cccc(-c2ccccc2)c1)C1CCC1. The minimum Gasteiger partial charge on any atom is -0.324 e. The third kappa shape index (κ3) is 2.99. The lowest BCUT2D eigenvalue weighted by Crippen LogP contribution is -2.26. The Morgan fingerprint density at radius 2 is 1.58 bits per heavy atom. The topological polar surface area (TPSA) is 26.0 Å². The van der Waals surface area contributed by atoms with E-state index in [0.29, 0.717) is 5.92 Å². The van der Waals surface area contributed by atoms with Gasteiger partial charge in [-0.3, -0.25) is 0 Å². The van der Waals surface area contributed by atoms with Gasteiger partial charge in [0.25, 0.3) is 0 Å². The summed E-state index contributed by atoms with van der Waals surface area (Å²) in [4.78, 5) is 0. The van der Waals surface area contributed by atoms with Gasteiger partial charge in [0.1, 0.15) is 0 Å². The monoisotopic (exact) mass is 273 g/mol. The predicted octanol–water partition coefficient (Wildman–Crippen LogP) is 4.58. The van der Waals surface area contributed by atoms with Crippen molar-refractivity contribution in [1.29, 1.82) is 0 Å². The summed E-state index contributed by atoms with van der Waals surface area (Å²) in [6, 6.07) is 19.4. The fraction of sp³-hybridized carbons (Fsp3) is 0.294. The number of hydrogen-bond donors (Lipinski definition) is 1. The highest BCUT2D eigenvalue weighted by molar-refractivity contribution is 5.85. The van der Waals surface area contributed by atoms with Gasteiger partial charge in [-0.05, 0) is 41.5 Å². The van der Waals surface area contributed by atoms with Gasteiger partial charge in [-0.25, -0.2) is 0 Å². The van der Waals surface area contributed by atoms with Crippen molar-refractivity contribution in [3.8, 4) is 11.1 Å². The van der Waals surface area contributed by atoms with E-state index in [9.17, 15) is 0 Å². The van der Waals surface area contributed by atoms with Crippen LogP contribution in [0, 0.1) is 5.92 Å². The van der Waals surface area contributed by atoms with Crippen molar-refractivity contribution in [2.45, 2.75) is 25.3 Å². The molecular formula is C17H20ClN. The zero-order valence-electron chi connectivity index (χ0n) is 11.0. The van der Waals surface area contributed by atoms with E-state index < -0.39 is 0 Å². The molecule has 2 N–H and O–H groups in total. The second-order valence-electron chi connectivity index (χ2n) is 5.21. The van der Waals surface area contributed by atoms with E-state index in [1.165, 1.54) is 36.0 Å². The molecule has 1 fully saturated rings. The minimum atomic E-state index is 0. The maximum atomic E-state index is 6.35. The van der Waals surface area contributed by atoms with Gasteiger partial charge < -0.3 is 5.73 Å². The van der Waals surface area contributed by atoms with Crippen molar-refractivity contribution in [3.63, 3.8) is 0 Å². The Labute approximate surface area is 121 Å². The van der Waals surface area contributed by atoms with Crippen LogP contribution in [0.25, 0.3) is 11.1 Å². The van der Waals surface area contributed by atoms with Gasteiger partial charge >= 0.3 is 0 Å². The Morgan fingerprint density at radius 3 is 2.21 bits per heavy atom. The Balaban J connectivity index is 0.00000133. The van der Waals surface area contributed by atoms with Gasteiger partial charge in [0, 0.05) is 6.04 Å². The quantitative estimate of drug-likeness (QED) is 0.871. The Kier molecular flexibility index (Phi) is 4.62. The van der Waals surface area contributed by atoms with E-state index >= 15 is 0 Å². The summed E-state index contributed by atoms with van der Waals surface area (Å²) < 4.78 is 0. The standard InChI is InChI=1S/C17H19N.ClH/c18-17(14-8-4-9-14)16-11-5-10-15(12-16)13-6-2-1-3-7-13;/h1-3,5-7,10-12,14,17H,4,8-9,18H2;1H/t17-;/m0./s1. The molecule has 2 aromatic carbocycles. The molecule has 0 heterocycles. The molecule has 0 saturated heterocycles. The molecule has 1 aliphatic rings. The average molecular weight is 274 g/mol. The van der Waals surface area contributed by atoms with Crippen LogP contribution in [0.2, 0.25) is 0 Å². The zero-order valence-corrected chi connectivity index (χ0v) is 11.8. The number of benzene rings is 2. The van der Waals surface area contributed by atoms with Gasteiger partial charge in [-0.2, -0.15) is 0 Å². The van der Waals surface area contributed by atoms with Gasteiger partial charge in [0.15, 0.2) is 0 Å². The Morgan fingerprint density at radius 1 is 0.895 bits per heavy atom. The first-order valence-electron chi connectivity index (χ1n) is 6.75. The van der Waals surface area contributed by atoms with Crippen LogP contribution in [0.3, 0.4) is 0 Å². The van der Waals surface area contributed by atoms with Crippen molar-refractivity contribution in [1.82, 2.24) is 0 Å². The molecule has 3 rings (SSSR count). The Bertz CT molecular complexity index is 520. The second kappa shape index (κ2) is 6.23. The predicted molar refractivity (Wildman–Crippen MR) is 83.4 cm³/mol. The van der Waals surface area contributed by atoms with Crippen LogP contribution in [0.1, 0.15) is 30.9 Å². The van der Waals surface area contributed by atoms with E-state index in [2.05, 4.69) is 48.5 Å². The molecule has 1 nitrogen and oxygen atoms in total. The van der Waals surface area contributed by atoms with Crippen molar-refractivity contribution in [2.75, 3.05) is 0 Å². The molecule has 0 bridgehead atoms. The van der Waals surface area contributed by atoms with Crippen molar-refractivity contribution in [3.05, 3.63) is 60.2 Å². The fourth-order valence-corrected chi connectivity index (χ4v) is 2.63. The number of hydrogen-bond acceptors (Lipinski definition) is 1. The van der Waals surface area contributed by atoms with Crippen molar-refractivity contribution in [2.24, 2.45) is 11.7 Å². The summed E-state index contributed by atoms with van der Waals surface area (Å²) in [5.74, 6) is 0.691. The third-order valence-corrected chi connectivity index (χ3v) is 4.04. The molecule has 1 saturated carbocycles. The van der Waals surface area contributed by atoms with Gasteiger partial charge in [0.2, 0.25) is 0 Å². The molecule has 0 aromatic heterocycles. The molecule has 100 valence electrons. The zero-order chi connectivity index (χ0) is 12.4.